The van der Waals surface area contributed by atoms with Gasteiger partial charge in [0.1, 0.15) is 4.47 Å². The third kappa shape index (κ3) is 3.49. The van der Waals surface area contributed by atoms with Gasteiger partial charge in [0.05, 0.1) is 11.4 Å². The van der Waals surface area contributed by atoms with Crippen LogP contribution >= 0.6 is 15.9 Å². The van der Waals surface area contributed by atoms with Gasteiger partial charge in [0, 0.05) is 25.6 Å². The molecule has 1 aliphatic heterocycles. The highest BCUT2D eigenvalue weighted by Gasteiger charge is 2.33. The van der Waals surface area contributed by atoms with Crippen LogP contribution in [0.1, 0.15) is 31.0 Å². The van der Waals surface area contributed by atoms with Gasteiger partial charge >= 0.3 is 0 Å². The molecule has 4 nitrogen and oxygen atoms in total. The van der Waals surface area contributed by atoms with Gasteiger partial charge in [-0.15, -0.1) is 0 Å². The minimum Gasteiger partial charge on any atom is -0.297 e. The van der Waals surface area contributed by atoms with E-state index in [1.807, 2.05) is 42.1 Å². The molecule has 1 fully saturated rings. The summed E-state index contributed by atoms with van der Waals surface area (Å²) in [6.07, 6.45) is 2.36. The van der Waals surface area contributed by atoms with Crippen LogP contribution in [0.3, 0.4) is 0 Å². The molecule has 0 bridgehead atoms. The Morgan fingerprint density at radius 2 is 1.68 bits per heavy atom. The maximum atomic E-state index is 12.9. The topological polar surface area (TPSA) is 30.2 Å². The second-order valence-corrected chi connectivity index (χ2v) is 8.77. The normalized spacial score (nSPS) is 20.4. The zero-order valence-electron chi connectivity index (χ0n) is 16.4. The Morgan fingerprint density at radius 1 is 1.04 bits per heavy atom. The fraction of sp³-hybridized carbons (Fsp3) is 0.348. The third-order valence-electron chi connectivity index (χ3n) is 5.94. The van der Waals surface area contributed by atoms with E-state index in [4.69, 9.17) is 0 Å². The molecule has 3 aromatic rings. The Balaban J connectivity index is 1.62. The number of hydrogen-bond donors (Lipinski definition) is 0. The molecule has 28 heavy (non-hydrogen) atoms. The molecule has 2 heterocycles. The van der Waals surface area contributed by atoms with Gasteiger partial charge in [-0.05, 0) is 53.0 Å². The van der Waals surface area contributed by atoms with Crippen molar-refractivity contribution in [2.24, 2.45) is 7.05 Å². The van der Waals surface area contributed by atoms with Crippen LogP contribution in [0.15, 0.2) is 69.9 Å². The molecule has 0 amide bonds. The van der Waals surface area contributed by atoms with Crippen LogP contribution in [-0.4, -0.2) is 27.4 Å². The molecule has 0 radical (unpaired) electrons. The number of piperidine rings is 1. The first-order chi connectivity index (χ1) is 13.5. The maximum Gasteiger partial charge on any atom is 0.286 e. The number of likely N-dealkylation sites (tertiary alicyclic amines) is 1. The van der Waals surface area contributed by atoms with Crippen LogP contribution in [0.5, 0.6) is 0 Å². The van der Waals surface area contributed by atoms with Crippen molar-refractivity contribution in [3.8, 4) is 5.69 Å². The minimum atomic E-state index is -0.00784. The zero-order valence-corrected chi connectivity index (χ0v) is 18.0. The van der Waals surface area contributed by atoms with Crippen molar-refractivity contribution in [2.45, 2.75) is 31.7 Å². The van der Waals surface area contributed by atoms with Gasteiger partial charge in [0.25, 0.3) is 5.56 Å². The Bertz CT molecular complexity index is 1010. The third-order valence-corrected chi connectivity index (χ3v) is 6.74. The first-order valence-corrected chi connectivity index (χ1v) is 10.6. The molecule has 146 valence electrons. The van der Waals surface area contributed by atoms with Crippen molar-refractivity contribution in [2.75, 3.05) is 13.1 Å². The lowest BCUT2D eigenvalue weighted by molar-refractivity contribution is 0.146. The van der Waals surface area contributed by atoms with Gasteiger partial charge in [0.2, 0.25) is 0 Å². The Hall–Kier alpha value is -2.11. The summed E-state index contributed by atoms with van der Waals surface area (Å²) in [5.41, 5.74) is 3.44. The van der Waals surface area contributed by atoms with Crippen molar-refractivity contribution in [3.05, 3.63) is 86.7 Å². The summed E-state index contributed by atoms with van der Waals surface area (Å²) >= 11 is 3.57. The lowest BCUT2D eigenvalue weighted by Gasteiger charge is -2.41. The van der Waals surface area contributed by atoms with Gasteiger partial charge in [0.15, 0.2) is 0 Å². The monoisotopic (exact) mass is 439 g/mol. The van der Waals surface area contributed by atoms with Crippen LogP contribution in [-0.2, 0) is 19.0 Å². The van der Waals surface area contributed by atoms with Crippen molar-refractivity contribution in [1.82, 2.24) is 14.3 Å². The molecule has 1 unspecified atom stereocenters. The van der Waals surface area contributed by atoms with E-state index in [9.17, 15) is 4.79 Å². The summed E-state index contributed by atoms with van der Waals surface area (Å²) in [5, 5.41) is 0. The molecular formula is C23H26BrN3O. The molecule has 4 rings (SSSR count). The van der Waals surface area contributed by atoms with Gasteiger partial charge in [-0.25, -0.2) is 4.68 Å². The van der Waals surface area contributed by atoms with Gasteiger partial charge in [-0.1, -0.05) is 55.5 Å². The van der Waals surface area contributed by atoms with E-state index in [1.165, 1.54) is 12.0 Å². The van der Waals surface area contributed by atoms with Crippen molar-refractivity contribution >= 4 is 15.9 Å². The fourth-order valence-corrected chi connectivity index (χ4v) is 4.96. The van der Waals surface area contributed by atoms with E-state index >= 15 is 0 Å². The summed E-state index contributed by atoms with van der Waals surface area (Å²) < 4.78 is 4.38. The lowest BCUT2D eigenvalue weighted by atomic mass is 9.76. The lowest BCUT2D eigenvalue weighted by Crippen LogP contribution is -2.44. The predicted octanol–water partition coefficient (Wildman–Crippen LogP) is 4.49. The number of para-hydroxylation sites is 1. The number of nitrogens with zero attached hydrogens (tertiary/aromatic N) is 3. The van der Waals surface area contributed by atoms with Gasteiger partial charge in [-0.3, -0.25) is 14.4 Å². The number of hydrogen-bond acceptors (Lipinski definition) is 2. The molecule has 1 aliphatic rings. The summed E-state index contributed by atoms with van der Waals surface area (Å²) in [6.45, 7) is 5.17. The standard InChI is InChI=1S/C23H26BrN3O/c1-23(18-10-5-3-6-11-18)14-9-15-26(17-23)16-20-21(24)22(28)27(25(20)2)19-12-7-4-8-13-19/h3-8,10-13H,9,14-17H2,1-2H3. The molecular weight excluding hydrogens is 414 g/mol. The maximum absolute atomic E-state index is 12.9. The highest BCUT2D eigenvalue weighted by atomic mass is 79.9. The van der Waals surface area contributed by atoms with Crippen LogP contribution in [0.25, 0.3) is 5.69 Å². The second kappa shape index (κ2) is 7.72. The van der Waals surface area contributed by atoms with Crippen molar-refractivity contribution in [3.63, 3.8) is 0 Å². The van der Waals surface area contributed by atoms with Crippen LogP contribution in [0.2, 0.25) is 0 Å². The smallest absolute Gasteiger partial charge is 0.286 e. The van der Waals surface area contributed by atoms with E-state index in [0.29, 0.717) is 4.47 Å². The molecule has 1 atom stereocenters. The molecule has 0 spiro atoms. The second-order valence-electron chi connectivity index (χ2n) is 7.98. The van der Waals surface area contributed by atoms with E-state index in [-0.39, 0.29) is 11.0 Å². The largest absolute Gasteiger partial charge is 0.297 e. The molecule has 0 aliphatic carbocycles. The zero-order chi connectivity index (χ0) is 19.7. The van der Waals surface area contributed by atoms with Crippen LogP contribution in [0, 0.1) is 0 Å². The SMILES string of the molecule is Cn1c(CN2CCCC(C)(c3ccccc3)C2)c(Br)c(=O)n1-c1ccccc1. The van der Waals surface area contributed by atoms with Crippen molar-refractivity contribution < 1.29 is 0 Å². The number of benzene rings is 2. The first kappa shape index (κ1) is 19.2. The van der Waals surface area contributed by atoms with E-state index < -0.39 is 0 Å². The summed E-state index contributed by atoms with van der Waals surface area (Å²) in [4.78, 5) is 15.4. The predicted molar refractivity (Wildman–Crippen MR) is 117 cm³/mol. The van der Waals surface area contributed by atoms with E-state index in [1.54, 1.807) is 4.68 Å². The summed E-state index contributed by atoms with van der Waals surface area (Å²) in [6, 6.07) is 20.6. The van der Waals surface area contributed by atoms with Crippen LogP contribution in [0.4, 0.5) is 0 Å². The molecule has 5 heteroatoms. The molecule has 1 aromatic heterocycles. The average Bonchev–Trinajstić information content (AvgIpc) is 2.93. The first-order valence-electron chi connectivity index (χ1n) is 9.79. The quantitative estimate of drug-likeness (QED) is 0.599. The number of rotatable bonds is 4. The Labute approximate surface area is 174 Å². The fourth-order valence-electron chi connectivity index (χ4n) is 4.41. The highest BCUT2D eigenvalue weighted by molar-refractivity contribution is 9.10. The Morgan fingerprint density at radius 3 is 2.36 bits per heavy atom. The van der Waals surface area contributed by atoms with Crippen molar-refractivity contribution in [1.29, 1.82) is 0 Å². The molecule has 2 aromatic carbocycles. The number of halogens is 1. The average molecular weight is 440 g/mol. The Kier molecular flexibility index (Phi) is 5.30. The summed E-state index contributed by atoms with van der Waals surface area (Å²) in [5.74, 6) is 0. The highest BCUT2D eigenvalue weighted by Crippen LogP contribution is 2.34. The molecule has 0 N–H and O–H groups in total. The van der Waals surface area contributed by atoms with Gasteiger partial charge in [-0.2, -0.15) is 0 Å². The number of aromatic nitrogens is 2. The molecule has 0 saturated carbocycles. The summed E-state index contributed by atoms with van der Waals surface area (Å²) in [7, 11) is 1.97. The van der Waals surface area contributed by atoms with Crippen LogP contribution < -0.4 is 5.56 Å². The van der Waals surface area contributed by atoms with E-state index in [0.717, 1.165) is 37.4 Å². The van der Waals surface area contributed by atoms with Gasteiger partial charge < -0.3 is 0 Å². The van der Waals surface area contributed by atoms with E-state index in [2.05, 4.69) is 58.1 Å². The minimum absolute atomic E-state index is 0.00784. The molecule has 1 saturated heterocycles.